The number of rotatable bonds is 3. The Balaban J connectivity index is 1.81. The molecule has 1 atom stereocenters. The van der Waals surface area contributed by atoms with Crippen molar-refractivity contribution in [2.24, 2.45) is 0 Å². The molecule has 15 heavy (non-hydrogen) atoms. The van der Waals surface area contributed by atoms with Crippen molar-refractivity contribution in [3.8, 4) is 0 Å². The van der Waals surface area contributed by atoms with Crippen molar-refractivity contribution in [3.05, 3.63) is 15.9 Å². The number of amides is 1. The van der Waals surface area contributed by atoms with Crippen LogP contribution in [-0.2, 0) is 4.79 Å². The molecular formula is C10H13BrN2OS. The van der Waals surface area contributed by atoms with Crippen molar-refractivity contribution in [1.29, 1.82) is 0 Å². The molecule has 3 nitrogen and oxygen atoms in total. The zero-order chi connectivity index (χ0) is 10.7. The smallest absolute Gasteiger partial charge is 0.226 e. The molecule has 5 heteroatoms. The zero-order valence-corrected chi connectivity index (χ0v) is 10.7. The van der Waals surface area contributed by atoms with Crippen molar-refractivity contribution in [1.82, 2.24) is 5.32 Å². The van der Waals surface area contributed by atoms with Crippen LogP contribution >= 0.6 is 27.3 Å². The normalized spacial score (nSPS) is 20.5. The molecule has 82 valence electrons. The van der Waals surface area contributed by atoms with E-state index in [1.54, 1.807) is 0 Å². The number of anilines is 1. The molecule has 1 aliphatic heterocycles. The minimum Gasteiger partial charge on any atom is -0.318 e. The largest absolute Gasteiger partial charge is 0.318 e. The predicted octanol–water partition coefficient (Wildman–Crippen LogP) is 2.59. The highest BCUT2D eigenvalue weighted by Gasteiger charge is 2.17. The Kier molecular flexibility index (Phi) is 3.77. The molecule has 0 aromatic carbocycles. The van der Waals surface area contributed by atoms with Crippen molar-refractivity contribution in [2.45, 2.75) is 25.3 Å². The van der Waals surface area contributed by atoms with Crippen LogP contribution < -0.4 is 10.6 Å². The van der Waals surface area contributed by atoms with Gasteiger partial charge in [0, 0.05) is 12.5 Å². The van der Waals surface area contributed by atoms with Gasteiger partial charge in [0.1, 0.15) is 0 Å². The zero-order valence-electron chi connectivity index (χ0n) is 8.25. The van der Waals surface area contributed by atoms with Crippen molar-refractivity contribution in [3.63, 3.8) is 0 Å². The average Bonchev–Trinajstić information content (AvgIpc) is 2.77. The molecule has 2 N–H and O–H groups in total. The van der Waals surface area contributed by atoms with Crippen LogP contribution in [0.5, 0.6) is 0 Å². The van der Waals surface area contributed by atoms with E-state index in [0.29, 0.717) is 12.5 Å². The standard InChI is InChI=1S/C10H13BrN2OS/c11-8-3-4-10(15-8)13-9(14)6-7-2-1-5-12-7/h3-4,7,12H,1-2,5-6H2,(H,13,14). The van der Waals surface area contributed by atoms with E-state index < -0.39 is 0 Å². The van der Waals surface area contributed by atoms with Crippen LogP contribution in [0.15, 0.2) is 15.9 Å². The first-order valence-electron chi connectivity index (χ1n) is 5.02. The molecule has 0 saturated carbocycles. The fourth-order valence-electron chi connectivity index (χ4n) is 1.72. The molecule has 2 rings (SSSR count). The van der Waals surface area contributed by atoms with Crippen LogP contribution in [0.2, 0.25) is 0 Å². The number of thiophene rings is 1. The van der Waals surface area contributed by atoms with E-state index in [1.807, 2.05) is 12.1 Å². The minimum absolute atomic E-state index is 0.101. The number of hydrogen-bond donors (Lipinski definition) is 2. The summed E-state index contributed by atoms with van der Waals surface area (Å²) in [5, 5.41) is 7.12. The topological polar surface area (TPSA) is 41.1 Å². The molecule has 1 aromatic heterocycles. The highest BCUT2D eigenvalue weighted by atomic mass is 79.9. The number of halogens is 1. The quantitative estimate of drug-likeness (QED) is 0.898. The lowest BCUT2D eigenvalue weighted by Gasteiger charge is -2.08. The predicted molar refractivity (Wildman–Crippen MR) is 66.3 cm³/mol. The van der Waals surface area contributed by atoms with E-state index in [1.165, 1.54) is 17.8 Å². The summed E-state index contributed by atoms with van der Waals surface area (Å²) in [6, 6.07) is 4.22. The fourth-order valence-corrected chi connectivity index (χ4v) is 3.03. The Morgan fingerprint density at radius 1 is 1.67 bits per heavy atom. The molecule has 1 aliphatic rings. The number of nitrogens with one attached hydrogen (secondary N) is 2. The monoisotopic (exact) mass is 288 g/mol. The molecule has 0 spiro atoms. The lowest BCUT2D eigenvalue weighted by molar-refractivity contribution is -0.116. The first kappa shape index (κ1) is 11.1. The van der Waals surface area contributed by atoms with E-state index in [2.05, 4.69) is 26.6 Å². The molecule has 1 saturated heterocycles. The summed E-state index contributed by atoms with van der Waals surface area (Å²) < 4.78 is 1.04. The number of carbonyl (C=O) groups is 1. The van der Waals surface area contributed by atoms with Gasteiger partial charge in [0.05, 0.1) is 8.79 Å². The Morgan fingerprint density at radius 3 is 3.13 bits per heavy atom. The maximum absolute atomic E-state index is 11.6. The van der Waals surface area contributed by atoms with Crippen LogP contribution in [0.4, 0.5) is 5.00 Å². The average molecular weight is 289 g/mol. The highest BCUT2D eigenvalue weighted by Crippen LogP contribution is 2.26. The SMILES string of the molecule is O=C(CC1CCCN1)Nc1ccc(Br)s1. The summed E-state index contributed by atoms with van der Waals surface area (Å²) in [6.07, 6.45) is 2.87. The lowest BCUT2D eigenvalue weighted by atomic mass is 10.1. The third-order valence-corrected chi connectivity index (χ3v) is 3.97. The van der Waals surface area contributed by atoms with Gasteiger partial charge in [0.25, 0.3) is 0 Å². The Bertz CT molecular complexity index is 347. The first-order valence-corrected chi connectivity index (χ1v) is 6.63. The first-order chi connectivity index (χ1) is 7.24. The van der Waals surface area contributed by atoms with E-state index in [9.17, 15) is 4.79 Å². The van der Waals surface area contributed by atoms with E-state index in [4.69, 9.17) is 0 Å². The summed E-state index contributed by atoms with van der Waals surface area (Å²) in [4.78, 5) is 11.6. The molecule has 2 heterocycles. The van der Waals surface area contributed by atoms with Gasteiger partial charge in [0.2, 0.25) is 5.91 Å². The molecule has 1 amide bonds. The Hall–Kier alpha value is -0.390. The maximum atomic E-state index is 11.6. The highest BCUT2D eigenvalue weighted by molar-refractivity contribution is 9.11. The van der Waals surface area contributed by atoms with E-state index in [-0.39, 0.29) is 5.91 Å². The molecule has 0 aliphatic carbocycles. The summed E-state index contributed by atoms with van der Waals surface area (Å²) in [5.41, 5.74) is 0. The van der Waals surface area contributed by atoms with Gasteiger partial charge in [-0.2, -0.15) is 0 Å². The second-order valence-electron chi connectivity index (χ2n) is 3.65. The molecule has 1 aromatic rings. The summed E-state index contributed by atoms with van der Waals surface area (Å²) in [5.74, 6) is 0.101. The van der Waals surface area contributed by atoms with Crippen LogP contribution in [0.25, 0.3) is 0 Å². The van der Waals surface area contributed by atoms with Crippen LogP contribution in [0.3, 0.4) is 0 Å². The second-order valence-corrected chi connectivity index (χ2v) is 6.11. The van der Waals surface area contributed by atoms with E-state index in [0.717, 1.165) is 21.8 Å². The third-order valence-electron chi connectivity index (χ3n) is 2.43. The van der Waals surface area contributed by atoms with Crippen molar-refractivity contribution >= 4 is 38.2 Å². The van der Waals surface area contributed by atoms with Crippen molar-refractivity contribution in [2.75, 3.05) is 11.9 Å². The molecule has 1 unspecified atom stereocenters. The van der Waals surface area contributed by atoms with Gasteiger partial charge in [-0.25, -0.2) is 0 Å². The molecule has 0 radical (unpaired) electrons. The van der Waals surface area contributed by atoms with Gasteiger partial charge in [-0.05, 0) is 47.4 Å². The lowest BCUT2D eigenvalue weighted by Crippen LogP contribution is -2.27. The van der Waals surface area contributed by atoms with Crippen LogP contribution in [0.1, 0.15) is 19.3 Å². The van der Waals surface area contributed by atoms with E-state index >= 15 is 0 Å². The summed E-state index contributed by atoms with van der Waals surface area (Å²) in [7, 11) is 0. The van der Waals surface area contributed by atoms with Gasteiger partial charge in [-0.1, -0.05) is 0 Å². The van der Waals surface area contributed by atoms with Gasteiger partial charge >= 0.3 is 0 Å². The number of hydrogen-bond acceptors (Lipinski definition) is 3. The molecule has 1 fully saturated rings. The second kappa shape index (κ2) is 5.09. The summed E-state index contributed by atoms with van der Waals surface area (Å²) >= 11 is 4.90. The maximum Gasteiger partial charge on any atom is 0.226 e. The Labute approximate surface area is 101 Å². The fraction of sp³-hybridized carbons (Fsp3) is 0.500. The van der Waals surface area contributed by atoms with Gasteiger partial charge < -0.3 is 10.6 Å². The summed E-state index contributed by atoms with van der Waals surface area (Å²) in [6.45, 7) is 1.04. The Morgan fingerprint density at radius 2 is 2.53 bits per heavy atom. The molecular weight excluding hydrogens is 276 g/mol. The third kappa shape index (κ3) is 3.29. The van der Waals surface area contributed by atoms with Gasteiger partial charge in [0.15, 0.2) is 0 Å². The van der Waals surface area contributed by atoms with Crippen LogP contribution in [-0.4, -0.2) is 18.5 Å². The van der Waals surface area contributed by atoms with Gasteiger partial charge in [-0.3, -0.25) is 4.79 Å². The van der Waals surface area contributed by atoms with Gasteiger partial charge in [-0.15, -0.1) is 11.3 Å². The number of carbonyl (C=O) groups excluding carboxylic acids is 1. The van der Waals surface area contributed by atoms with Crippen LogP contribution in [0, 0.1) is 0 Å². The molecule has 0 bridgehead atoms. The van der Waals surface area contributed by atoms with Crippen molar-refractivity contribution < 1.29 is 4.79 Å². The minimum atomic E-state index is 0.101.